The standard InChI is InChI=1S/C26H28N4O4/c1-34-24-9-5-4-8-19(24)25(32)27-18-12-13-23(31)20(14-18)21-15-22(16-6-2-3-7-16)30(29-21)26(33)28-17-10-11-17/h4-5,8-9,12-17,31H,2-3,6-7,10-11H2,1H3,(H,27,32)(H,28,33). The molecule has 5 rings (SSSR count). The number of hydrogen-bond acceptors (Lipinski definition) is 5. The molecule has 2 aromatic carbocycles. The number of rotatable bonds is 6. The van der Waals surface area contributed by atoms with Gasteiger partial charge in [0.2, 0.25) is 0 Å². The number of methoxy groups -OCH3 is 1. The number of phenols is 1. The molecule has 0 unspecified atom stereocenters. The van der Waals surface area contributed by atoms with Crippen LogP contribution in [-0.2, 0) is 0 Å². The lowest BCUT2D eigenvalue weighted by molar-refractivity contribution is 0.102. The summed E-state index contributed by atoms with van der Waals surface area (Å²) in [5.41, 5.74) is 2.73. The molecular formula is C26H28N4O4. The molecule has 176 valence electrons. The molecule has 2 aliphatic carbocycles. The van der Waals surface area contributed by atoms with Crippen molar-refractivity contribution in [3.8, 4) is 22.8 Å². The Morgan fingerprint density at radius 3 is 2.56 bits per heavy atom. The van der Waals surface area contributed by atoms with E-state index in [0.717, 1.165) is 44.2 Å². The summed E-state index contributed by atoms with van der Waals surface area (Å²) in [6.07, 6.45) is 6.28. The number of hydrogen-bond donors (Lipinski definition) is 3. The molecule has 2 saturated carbocycles. The van der Waals surface area contributed by atoms with Gasteiger partial charge < -0.3 is 20.5 Å². The van der Waals surface area contributed by atoms with E-state index in [-0.39, 0.29) is 29.6 Å². The molecule has 0 aliphatic heterocycles. The van der Waals surface area contributed by atoms with Crippen molar-refractivity contribution >= 4 is 17.6 Å². The molecular weight excluding hydrogens is 432 g/mol. The van der Waals surface area contributed by atoms with E-state index in [2.05, 4.69) is 15.7 Å². The molecule has 3 aromatic rings. The van der Waals surface area contributed by atoms with Gasteiger partial charge in [0, 0.05) is 23.2 Å². The summed E-state index contributed by atoms with van der Waals surface area (Å²) >= 11 is 0. The van der Waals surface area contributed by atoms with Crippen LogP contribution in [0.1, 0.15) is 60.5 Å². The first-order valence-corrected chi connectivity index (χ1v) is 11.7. The predicted molar refractivity (Wildman–Crippen MR) is 128 cm³/mol. The monoisotopic (exact) mass is 460 g/mol. The van der Waals surface area contributed by atoms with Crippen LogP contribution in [0.25, 0.3) is 11.3 Å². The maximum absolute atomic E-state index is 12.9. The van der Waals surface area contributed by atoms with Crippen LogP contribution in [0.3, 0.4) is 0 Å². The SMILES string of the molecule is COc1ccccc1C(=O)Nc1ccc(O)c(-c2cc(C3CCCC3)n(C(=O)NC3CC3)n2)c1. The number of nitrogens with zero attached hydrogens (tertiary/aromatic N) is 2. The van der Waals surface area contributed by atoms with Crippen molar-refractivity contribution in [1.82, 2.24) is 15.1 Å². The molecule has 0 radical (unpaired) electrons. The second-order valence-corrected chi connectivity index (χ2v) is 8.96. The number of para-hydroxylation sites is 1. The fraction of sp³-hybridized carbons (Fsp3) is 0.346. The van der Waals surface area contributed by atoms with Gasteiger partial charge in [-0.1, -0.05) is 25.0 Å². The Morgan fingerprint density at radius 1 is 1.06 bits per heavy atom. The Hall–Kier alpha value is -3.81. The van der Waals surface area contributed by atoms with E-state index in [0.29, 0.717) is 28.3 Å². The van der Waals surface area contributed by atoms with E-state index in [9.17, 15) is 14.7 Å². The molecule has 1 aromatic heterocycles. The summed E-state index contributed by atoms with van der Waals surface area (Å²) in [4.78, 5) is 25.7. The normalized spacial score (nSPS) is 15.8. The number of ether oxygens (including phenoxy) is 1. The van der Waals surface area contributed by atoms with E-state index in [1.165, 1.54) is 17.9 Å². The summed E-state index contributed by atoms with van der Waals surface area (Å²) in [5, 5.41) is 21.1. The fourth-order valence-corrected chi connectivity index (χ4v) is 4.52. The molecule has 0 atom stereocenters. The zero-order valence-corrected chi connectivity index (χ0v) is 19.1. The molecule has 1 heterocycles. The number of phenolic OH excluding ortho intramolecular Hbond substituents is 1. The lowest BCUT2D eigenvalue weighted by atomic mass is 10.0. The zero-order chi connectivity index (χ0) is 23.7. The summed E-state index contributed by atoms with van der Waals surface area (Å²) < 4.78 is 6.75. The predicted octanol–water partition coefficient (Wildman–Crippen LogP) is 4.89. The third kappa shape index (κ3) is 4.48. The summed E-state index contributed by atoms with van der Waals surface area (Å²) in [6, 6.07) is 13.7. The van der Waals surface area contributed by atoms with Crippen molar-refractivity contribution in [2.45, 2.75) is 50.5 Å². The Morgan fingerprint density at radius 2 is 1.82 bits per heavy atom. The number of benzene rings is 2. The van der Waals surface area contributed by atoms with Crippen LogP contribution >= 0.6 is 0 Å². The number of carbonyl (C=O) groups excluding carboxylic acids is 2. The molecule has 34 heavy (non-hydrogen) atoms. The van der Waals surface area contributed by atoms with E-state index >= 15 is 0 Å². The summed E-state index contributed by atoms with van der Waals surface area (Å²) in [7, 11) is 1.52. The van der Waals surface area contributed by atoms with E-state index < -0.39 is 0 Å². The molecule has 2 amide bonds. The quantitative estimate of drug-likeness (QED) is 0.454. The van der Waals surface area contributed by atoms with Gasteiger partial charge in [-0.2, -0.15) is 9.78 Å². The van der Waals surface area contributed by atoms with Gasteiger partial charge in [0.25, 0.3) is 5.91 Å². The van der Waals surface area contributed by atoms with E-state index in [4.69, 9.17) is 4.74 Å². The second kappa shape index (κ2) is 9.21. The van der Waals surface area contributed by atoms with Crippen molar-refractivity contribution < 1.29 is 19.4 Å². The van der Waals surface area contributed by atoms with E-state index in [1.807, 2.05) is 6.07 Å². The average molecular weight is 461 g/mol. The first-order chi connectivity index (χ1) is 16.5. The third-order valence-corrected chi connectivity index (χ3v) is 6.49. The fourth-order valence-electron chi connectivity index (χ4n) is 4.52. The van der Waals surface area contributed by atoms with Crippen LogP contribution in [0.5, 0.6) is 11.5 Å². The smallest absolute Gasteiger partial charge is 0.342 e. The van der Waals surface area contributed by atoms with Crippen LogP contribution in [0.4, 0.5) is 10.5 Å². The average Bonchev–Trinajstić information content (AvgIpc) is 3.31. The Kier molecular flexibility index (Phi) is 5.96. The zero-order valence-electron chi connectivity index (χ0n) is 19.1. The summed E-state index contributed by atoms with van der Waals surface area (Å²) in [6.45, 7) is 0. The highest BCUT2D eigenvalue weighted by Gasteiger charge is 2.29. The molecule has 3 N–H and O–H groups in total. The number of carbonyl (C=O) groups is 2. The van der Waals surface area contributed by atoms with Gasteiger partial charge in [-0.3, -0.25) is 4.79 Å². The molecule has 0 bridgehead atoms. The number of aromatic nitrogens is 2. The largest absolute Gasteiger partial charge is 0.507 e. The van der Waals surface area contributed by atoms with E-state index in [1.54, 1.807) is 36.4 Å². The molecule has 8 heteroatoms. The second-order valence-electron chi connectivity index (χ2n) is 8.96. The molecule has 0 spiro atoms. The maximum Gasteiger partial charge on any atom is 0.342 e. The Labute approximate surface area is 197 Å². The van der Waals surface area contributed by atoms with Gasteiger partial charge in [-0.25, -0.2) is 4.79 Å². The highest BCUT2D eigenvalue weighted by atomic mass is 16.5. The molecule has 2 aliphatic rings. The number of aromatic hydroxyl groups is 1. The van der Waals surface area contributed by atoms with Crippen LogP contribution in [0, 0.1) is 0 Å². The molecule has 0 saturated heterocycles. The van der Waals surface area contributed by atoms with Crippen molar-refractivity contribution in [1.29, 1.82) is 0 Å². The highest BCUT2D eigenvalue weighted by molar-refractivity contribution is 6.06. The van der Waals surface area contributed by atoms with Crippen LogP contribution < -0.4 is 15.4 Å². The van der Waals surface area contributed by atoms with Crippen LogP contribution in [0.15, 0.2) is 48.5 Å². The Balaban J connectivity index is 1.45. The van der Waals surface area contributed by atoms with Crippen molar-refractivity contribution in [3.63, 3.8) is 0 Å². The van der Waals surface area contributed by atoms with Crippen molar-refractivity contribution in [2.75, 3.05) is 12.4 Å². The number of amides is 2. The number of nitrogens with one attached hydrogen (secondary N) is 2. The minimum Gasteiger partial charge on any atom is -0.507 e. The topological polar surface area (TPSA) is 105 Å². The lowest BCUT2D eigenvalue weighted by Crippen LogP contribution is -2.32. The molecule has 2 fully saturated rings. The van der Waals surface area contributed by atoms with Crippen molar-refractivity contribution in [3.05, 3.63) is 59.8 Å². The number of anilines is 1. The summed E-state index contributed by atoms with van der Waals surface area (Å²) in [5.74, 6) is 0.443. The minimum absolute atomic E-state index is 0.0283. The molecule has 8 nitrogen and oxygen atoms in total. The van der Waals surface area contributed by atoms with Gasteiger partial charge in [-0.15, -0.1) is 0 Å². The van der Waals surface area contributed by atoms with Gasteiger partial charge >= 0.3 is 6.03 Å². The van der Waals surface area contributed by atoms with Gasteiger partial charge in [0.05, 0.1) is 24.1 Å². The van der Waals surface area contributed by atoms with Gasteiger partial charge in [-0.05, 0) is 62.1 Å². The van der Waals surface area contributed by atoms with Gasteiger partial charge in [0.1, 0.15) is 11.5 Å². The minimum atomic E-state index is -0.324. The first kappa shape index (κ1) is 22.0. The van der Waals surface area contributed by atoms with Crippen LogP contribution in [-0.4, -0.2) is 40.0 Å². The Bertz CT molecular complexity index is 1230. The highest BCUT2D eigenvalue weighted by Crippen LogP contribution is 2.38. The maximum atomic E-state index is 12.9. The van der Waals surface area contributed by atoms with Crippen molar-refractivity contribution in [2.24, 2.45) is 0 Å². The van der Waals surface area contributed by atoms with Gasteiger partial charge in [0.15, 0.2) is 0 Å². The first-order valence-electron chi connectivity index (χ1n) is 11.7. The third-order valence-electron chi connectivity index (χ3n) is 6.49. The lowest BCUT2D eigenvalue weighted by Gasteiger charge is -2.11. The van der Waals surface area contributed by atoms with Crippen LogP contribution in [0.2, 0.25) is 0 Å².